The minimum Gasteiger partial charge on any atom is -0.334 e. The highest BCUT2D eigenvalue weighted by atomic mass is 79.9. The van der Waals surface area contributed by atoms with E-state index in [0.29, 0.717) is 23.4 Å². The van der Waals surface area contributed by atoms with Crippen molar-refractivity contribution in [2.75, 3.05) is 5.32 Å². The van der Waals surface area contributed by atoms with Crippen LogP contribution in [-0.4, -0.2) is 10.1 Å². The highest BCUT2D eigenvalue weighted by molar-refractivity contribution is 9.10. The van der Waals surface area contributed by atoms with Crippen LogP contribution in [0, 0.1) is 6.92 Å². The first kappa shape index (κ1) is 11.4. The van der Waals surface area contributed by atoms with Gasteiger partial charge in [-0.25, -0.2) is 0 Å². The molecule has 2 aromatic rings. The molecule has 0 aliphatic rings. The standard InChI is InChI=1S/C10H9BrClN3O/c1-6-14-10(16-15-6)13-5-7-4-8(11)2-3-9(7)12/h2-4H,5H2,1H3,(H,13,14,15). The molecule has 0 atom stereocenters. The minimum atomic E-state index is 0.397. The third-order valence-corrected chi connectivity index (χ3v) is 2.83. The van der Waals surface area contributed by atoms with Crippen molar-refractivity contribution in [1.29, 1.82) is 0 Å². The first-order valence-corrected chi connectivity index (χ1v) is 5.80. The highest BCUT2D eigenvalue weighted by Crippen LogP contribution is 2.21. The summed E-state index contributed by atoms with van der Waals surface area (Å²) in [5, 5.41) is 7.38. The molecule has 0 aliphatic carbocycles. The van der Waals surface area contributed by atoms with Gasteiger partial charge in [0.05, 0.1) is 0 Å². The Morgan fingerprint density at radius 1 is 1.50 bits per heavy atom. The molecule has 0 saturated heterocycles. The molecule has 1 N–H and O–H groups in total. The third-order valence-electron chi connectivity index (χ3n) is 1.97. The lowest BCUT2D eigenvalue weighted by atomic mass is 10.2. The number of anilines is 1. The summed E-state index contributed by atoms with van der Waals surface area (Å²) in [6.45, 7) is 2.31. The molecule has 0 fully saturated rings. The van der Waals surface area contributed by atoms with E-state index in [1.165, 1.54) is 0 Å². The van der Waals surface area contributed by atoms with Gasteiger partial charge < -0.3 is 9.84 Å². The van der Waals surface area contributed by atoms with Crippen molar-refractivity contribution in [3.63, 3.8) is 0 Å². The number of hydrogen-bond donors (Lipinski definition) is 1. The molecule has 2 rings (SSSR count). The Morgan fingerprint density at radius 3 is 3.00 bits per heavy atom. The van der Waals surface area contributed by atoms with Crippen molar-refractivity contribution in [2.24, 2.45) is 0 Å². The van der Waals surface area contributed by atoms with Crippen LogP contribution in [0.4, 0.5) is 6.01 Å². The topological polar surface area (TPSA) is 51.0 Å². The van der Waals surface area contributed by atoms with E-state index < -0.39 is 0 Å². The monoisotopic (exact) mass is 301 g/mol. The Labute approximate surface area is 106 Å². The quantitative estimate of drug-likeness (QED) is 0.944. The lowest BCUT2D eigenvalue weighted by molar-refractivity contribution is 0.425. The first-order valence-electron chi connectivity index (χ1n) is 4.63. The number of nitrogens with one attached hydrogen (secondary N) is 1. The second kappa shape index (κ2) is 4.84. The van der Waals surface area contributed by atoms with Gasteiger partial charge in [-0.2, -0.15) is 4.98 Å². The lowest BCUT2D eigenvalue weighted by Gasteiger charge is -2.04. The second-order valence-electron chi connectivity index (χ2n) is 3.24. The van der Waals surface area contributed by atoms with E-state index >= 15 is 0 Å². The van der Waals surface area contributed by atoms with Crippen molar-refractivity contribution < 1.29 is 4.52 Å². The number of hydrogen-bond acceptors (Lipinski definition) is 4. The Morgan fingerprint density at radius 2 is 2.31 bits per heavy atom. The molecular formula is C10H9BrClN3O. The van der Waals surface area contributed by atoms with Gasteiger partial charge in [-0.3, -0.25) is 0 Å². The van der Waals surface area contributed by atoms with Crippen LogP contribution in [0.25, 0.3) is 0 Å². The normalized spacial score (nSPS) is 10.4. The Hall–Kier alpha value is -1.07. The second-order valence-corrected chi connectivity index (χ2v) is 4.56. The maximum absolute atomic E-state index is 6.04. The van der Waals surface area contributed by atoms with Crippen molar-refractivity contribution in [1.82, 2.24) is 10.1 Å². The van der Waals surface area contributed by atoms with Crippen LogP contribution in [0.5, 0.6) is 0 Å². The number of benzene rings is 1. The predicted molar refractivity (Wildman–Crippen MR) is 65.5 cm³/mol. The zero-order valence-corrected chi connectivity index (χ0v) is 10.8. The molecule has 0 bridgehead atoms. The number of nitrogens with zero attached hydrogens (tertiary/aromatic N) is 2. The van der Waals surface area contributed by atoms with E-state index in [4.69, 9.17) is 16.1 Å². The first-order chi connectivity index (χ1) is 7.65. The van der Waals surface area contributed by atoms with E-state index in [1.807, 2.05) is 18.2 Å². The van der Waals surface area contributed by atoms with Crippen LogP contribution in [0.2, 0.25) is 5.02 Å². The number of aryl methyl sites for hydroxylation is 1. The van der Waals surface area contributed by atoms with Crippen LogP contribution in [-0.2, 0) is 6.54 Å². The van der Waals surface area contributed by atoms with Crippen molar-refractivity contribution in [3.8, 4) is 0 Å². The Balaban J connectivity index is 2.07. The average Bonchev–Trinajstić information content (AvgIpc) is 2.66. The van der Waals surface area contributed by atoms with Crippen LogP contribution in [0.3, 0.4) is 0 Å². The molecule has 0 amide bonds. The molecule has 1 aromatic carbocycles. The van der Waals surface area contributed by atoms with Crippen molar-refractivity contribution >= 4 is 33.5 Å². The molecule has 4 nitrogen and oxygen atoms in total. The summed E-state index contributed by atoms with van der Waals surface area (Å²) >= 11 is 9.43. The maximum atomic E-state index is 6.04. The number of halogens is 2. The molecule has 16 heavy (non-hydrogen) atoms. The fourth-order valence-electron chi connectivity index (χ4n) is 1.22. The number of aromatic nitrogens is 2. The molecule has 6 heteroatoms. The van der Waals surface area contributed by atoms with Crippen LogP contribution in [0.15, 0.2) is 27.2 Å². The molecule has 1 aromatic heterocycles. The molecule has 0 saturated carbocycles. The predicted octanol–water partition coefficient (Wildman–Crippen LogP) is 3.41. The van der Waals surface area contributed by atoms with Gasteiger partial charge in [0, 0.05) is 16.0 Å². The van der Waals surface area contributed by atoms with E-state index in [1.54, 1.807) is 6.92 Å². The third kappa shape index (κ3) is 2.74. The van der Waals surface area contributed by atoms with Gasteiger partial charge in [-0.05, 0) is 30.7 Å². The van der Waals surface area contributed by atoms with Crippen LogP contribution in [0.1, 0.15) is 11.4 Å². The van der Waals surface area contributed by atoms with Crippen LogP contribution < -0.4 is 5.32 Å². The molecule has 0 spiro atoms. The van der Waals surface area contributed by atoms with Gasteiger partial charge in [0.25, 0.3) is 0 Å². The van der Waals surface area contributed by atoms with E-state index in [2.05, 4.69) is 31.4 Å². The molecule has 0 unspecified atom stereocenters. The summed E-state index contributed by atoms with van der Waals surface area (Å²) in [5.41, 5.74) is 0.965. The van der Waals surface area contributed by atoms with Gasteiger partial charge in [-0.15, -0.1) is 0 Å². The smallest absolute Gasteiger partial charge is 0.321 e. The van der Waals surface area contributed by atoms with Gasteiger partial charge in [0.1, 0.15) is 0 Å². The number of rotatable bonds is 3. The summed E-state index contributed by atoms with van der Waals surface area (Å²) in [6, 6.07) is 6.07. The summed E-state index contributed by atoms with van der Waals surface area (Å²) in [6.07, 6.45) is 0. The minimum absolute atomic E-state index is 0.397. The Kier molecular flexibility index (Phi) is 3.46. The van der Waals surface area contributed by atoms with Gasteiger partial charge in [-0.1, -0.05) is 32.7 Å². The SMILES string of the molecule is Cc1noc(NCc2cc(Br)ccc2Cl)n1. The Bertz CT molecular complexity index is 501. The van der Waals surface area contributed by atoms with Gasteiger partial charge >= 0.3 is 6.01 Å². The molecule has 0 radical (unpaired) electrons. The van der Waals surface area contributed by atoms with Crippen molar-refractivity contribution in [2.45, 2.75) is 13.5 Å². The van der Waals surface area contributed by atoms with Crippen LogP contribution >= 0.6 is 27.5 Å². The van der Waals surface area contributed by atoms with E-state index in [-0.39, 0.29) is 0 Å². The fourth-order valence-corrected chi connectivity index (χ4v) is 1.81. The molecule has 0 aliphatic heterocycles. The van der Waals surface area contributed by atoms with Crippen molar-refractivity contribution in [3.05, 3.63) is 39.1 Å². The summed E-state index contributed by atoms with van der Waals surface area (Å²) in [5.74, 6) is 0.600. The average molecular weight is 303 g/mol. The summed E-state index contributed by atoms with van der Waals surface area (Å²) in [4.78, 5) is 4.03. The zero-order valence-electron chi connectivity index (χ0n) is 8.50. The fraction of sp³-hybridized carbons (Fsp3) is 0.200. The largest absolute Gasteiger partial charge is 0.334 e. The maximum Gasteiger partial charge on any atom is 0.321 e. The molecule has 1 heterocycles. The van der Waals surface area contributed by atoms with Gasteiger partial charge in [0.2, 0.25) is 0 Å². The molecule has 84 valence electrons. The zero-order chi connectivity index (χ0) is 11.5. The van der Waals surface area contributed by atoms with E-state index in [0.717, 1.165) is 10.0 Å². The molecular weight excluding hydrogens is 293 g/mol. The van der Waals surface area contributed by atoms with Gasteiger partial charge in [0.15, 0.2) is 5.82 Å². The highest BCUT2D eigenvalue weighted by Gasteiger charge is 2.04. The van der Waals surface area contributed by atoms with E-state index in [9.17, 15) is 0 Å². The lowest BCUT2D eigenvalue weighted by Crippen LogP contribution is -2.00. The summed E-state index contributed by atoms with van der Waals surface area (Å²) < 4.78 is 5.91. The summed E-state index contributed by atoms with van der Waals surface area (Å²) in [7, 11) is 0.